The summed E-state index contributed by atoms with van der Waals surface area (Å²) in [5.41, 5.74) is 0. The lowest BCUT2D eigenvalue weighted by molar-refractivity contribution is -0.165. The Bertz CT molecular complexity index is 147. The summed E-state index contributed by atoms with van der Waals surface area (Å²) in [6, 6.07) is 0. The van der Waals surface area contributed by atoms with Gasteiger partial charge in [0, 0.05) is 6.08 Å². The first-order chi connectivity index (χ1) is 4.48. The minimum absolute atomic E-state index is 0.319. The second-order valence-corrected chi connectivity index (χ2v) is 1.40. The van der Waals surface area contributed by atoms with Crippen LogP contribution in [-0.4, -0.2) is 19.1 Å². The second-order valence-electron chi connectivity index (χ2n) is 1.40. The average molecular weight is 154 g/mol. The Morgan fingerprint density at radius 3 is 2.30 bits per heavy atom. The van der Waals surface area contributed by atoms with Crippen molar-refractivity contribution in [2.75, 3.05) is 7.11 Å². The van der Waals surface area contributed by atoms with Crippen molar-refractivity contribution in [3.63, 3.8) is 0 Å². The molecule has 0 saturated carbocycles. The van der Waals surface area contributed by atoms with Gasteiger partial charge >= 0.3 is 6.18 Å². The van der Waals surface area contributed by atoms with Gasteiger partial charge in [-0.2, -0.15) is 13.2 Å². The number of ketones is 1. The van der Waals surface area contributed by atoms with Crippen molar-refractivity contribution in [2.45, 2.75) is 6.18 Å². The van der Waals surface area contributed by atoms with Gasteiger partial charge in [0.05, 0.1) is 13.4 Å². The lowest BCUT2D eigenvalue weighted by atomic mass is 10.4. The SMILES string of the molecule is CO/C=C\C(=O)C(F)(F)F. The molecule has 0 aliphatic carbocycles. The monoisotopic (exact) mass is 154 g/mol. The van der Waals surface area contributed by atoms with Crippen LogP contribution in [-0.2, 0) is 9.53 Å². The highest BCUT2D eigenvalue weighted by Gasteiger charge is 2.36. The zero-order chi connectivity index (χ0) is 8.20. The van der Waals surface area contributed by atoms with Crippen molar-refractivity contribution in [3.8, 4) is 0 Å². The van der Waals surface area contributed by atoms with Gasteiger partial charge in [-0.15, -0.1) is 0 Å². The number of rotatable bonds is 2. The molecule has 0 aromatic rings. The molecule has 0 aliphatic heterocycles. The van der Waals surface area contributed by atoms with Crippen molar-refractivity contribution in [2.24, 2.45) is 0 Å². The number of ether oxygens (including phenoxy) is 1. The molecule has 5 heteroatoms. The molecule has 0 bridgehead atoms. The fourth-order valence-electron chi connectivity index (χ4n) is 0.224. The summed E-state index contributed by atoms with van der Waals surface area (Å²) in [6.45, 7) is 0. The maximum absolute atomic E-state index is 11.3. The third-order valence-corrected chi connectivity index (χ3v) is 0.635. The molecule has 0 unspecified atom stereocenters. The molecule has 0 heterocycles. The molecule has 0 aromatic heterocycles. The first-order valence-corrected chi connectivity index (χ1v) is 2.29. The zero-order valence-electron chi connectivity index (χ0n) is 5.11. The third-order valence-electron chi connectivity index (χ3n) is 0.635. The number of halogens is 3. The lowest BCUT2D eigenvalue weighted by Crippen LogP contribution is -2.19. The number of carbonyl (C=O) groups excluding carboxylic acids is 1. The summed E-state index contributed by atoms with van der Waals surface area (Å²) in [4.78, 5) is 9.93. The van der Waals surface area contributed by atoms with Gasteiger partial charge in [-0.05, 0) is 0 Å². The number of alkyl halides is 3. The van der Waals surface area contributed by atoms with E-state index in [2.05, 4.69) is 4.74 Å². The van der Waals surface area contributed by atoms with E-state index >= 15 is 0 Å². The molecule has 0 aromatic carbocycles. The van der Waals surface area contributed by atoms with Crippen molar-refractivity contribution >= 4 is 5.78 Å². The maximum Gasteiger partial charge on any atom is 0.454 e. The predicted molar refractivity (Wildman–Crippen MR) is 27.2 cm³/mol. The normalized spacial score (nSPS) is 12.0. The molecule has 0 radical (unpaired) electrons. The first kappa shape index (κ1) is 9.00. The van der Waals surface area contributed by atoms with Crippen LogP contribution in [0.25, 0.3) is 0 Å². The smallest absolute Gasteiger partial charge is 0.454 e. The topological polar surface area (TPSA) is 26.3 Å². The molecular formula is C5H5F3O2. The number of carbonyl (C=O) groups is 1. The molecule has 0 N–H and O–H groups in total. The van der Waals surface area contributed by atoms with Crippen molar-refractivity contribution in [1.82, 2.24) is 0 Å². The number of hydrogen-bond acceptors (Lipinski definition) is 2. The van der Waals surface area contributed by atoms with E-state index in [-0.39, 0.29) is 0 Å². The molecule has 0 atom stereocenters. The van der Waals surface area contributed by atoms with Gasteiger partial charge in [-0.1, -0.05) is 0 Å². The summed E-state index contributed by atoms with van der Waals surface area (Å²) in [5, 5.41) is 0. The van der Waals surface area contributed by atoms with Crippen LogP contribution in [0, 0.1) is 0 Å². The fourth-order valence-corrected chi connectivity index (χ4v) is 0.224. The van der Waals surface area contributed by atoms with E-state index in [4.69, 9.17) is 0 Å². The number of allylic oxidation sites excluding steroid dienone is 1. The van der Waals surface area contributed by atoms with Crippen molar-refractivity contribution < 1.29 is 22.7 Å². The van der Waals surface area contributed by atoms with Gasteiger partial charge in [0.2, 0.25) is 0 Å². The van der Waals surface area contributed by atoms with Gasteiger partial charge in [0.25, 0.3) is 5.78 Å². The van der Waals surface area contributed by atoms with E-state index in [0.29, 0.717) is 12.3 Å². The molecule has 0 amide bonds. The highest BCUT2D eigenvalue weighted by molar-refractivity contribution is 5.94. The van der Waals surface area contributed by atoms with Crippen LogP contribution in [0.15, 0.2) is 12.3 Å². The summed E-state index contributed by atoms with van der Waals surface area (Å²) >= 11 is 0. The van der Waals surface area contributed by atoms with Crippen LogP contribution in [0.5, 0.6) is 0 Å². The van der Waals surface area contributed by atoms with Gasteiger partial charge in [0.1, 0.15) is 0 Å². The van der Waals surface area contributed by atoms with E-state index in [1.54, 1.807) is 0 Å². The van der Waals surface area contributed by atoms with Crippen LogP contribution < -0.4 is 0 Å². The van der Waals surface area contributed by atoms with Crippen LogP contribution in [0.1, 0.15) is 0 Å². The Balaban J connectivity index is 3.98. The van der Waals surface area contributed by atoms with E-state index in [9.17, 15) is 18.0 Å². The van der Waals surface area contributed by atoms with E-state index in [0.717, 1.165) is 7.11 Å². The standard InChI is InChI=1S/C5H5F3O2/c1-10-3-2-4(9)5(6,7)8/h2-3H,1H3/b3-2-. The molecule has 10 heavy (non-hydrogen) atoms. The molecule has 0 rings (SSSR count). The van der Waals surface area contributed by atoms with Crippen LogP contribution >= 0.6 is 0 Å². The van der Waals surface area contributed by atoms with Gasteiger partial charge in [-0.3, -0.25) is 4.79 Å². The molecule has 0 fully saturated rings. The van der Waals surface area contributed by atoms with E-state index in [1.807, 2.05) is 0 Å². The zero-order valence-corrected chi connectivity index (χ0v) is 5.11. The fraction of sp³-hybridized carbons (Fsp3) is 0.400. The largest absolute Gasteiger partial charge is 0.504 e. The maximum atomic E-state index is 11.3. The minimum Gasteiger partial charge on any atom is -0.504 e. The predicted octanol–water partition coefficient (Wildman–Crippen LogP) is 1.28. The Morgan fingerprint density at radius 1 is 1.50 bits per heavy atom. The molecule has 0 saturated heterocycles. The van der Waals surface area contributed by atoms with Gasteiger partial charge < -0.3 is 4.74 Å². The van der Waals surface area contributed by atoms with E-state index < -0.39 is 12.0 Å². The summed E-state index contributed by atoms with van der Waals surface area (Å²) in [7, 11) is 1.15. The Hall–Kier alpha value is -1.00. The Morgan fingerprint density at radius 2 is 2.00 bits per heavy atom. The molecule has 0 aliphatic rings. The summed E-state index contributed by atoms with van der Waals surface area (Å²) < 4.78 is 38.1. The van der Waals surface area contributed by atoms with E-state index in [1.165, 1.54) is 0 Å². The second kappa shape index (κ2) is 3.24. The molecule has 0 spiro atoms. The lowest BCUT2D eigenvalue weighted by Gasteiger charge is -1.98. The van der Waals surface area contributed by atoms with Crippen LogP contribution in [0.2, 0.25) is 0 Å². The minimum atomic E-state index is -4.80. The van der Waals surface area contributed by atoms with Crippen LogP contribution in [0.3, 0.4) is 0 Å². The van der Waals surface area contributed by atoms with Gasteiger partial charge in [-0.25, -0.2) is 0 Å². The third kappa shape index (κ3) is 3.11. The molecule has 2 nitrogen and oxygen atoms in total. The summed E-state index contributed by atoms with van der Waals surface area (Å²) in [5.74, 6) is -1.92. The Kier molecular flexibility index (Phi) is 2.92. The van der Waals surface area contributed by atoms with Gasteiger partial charge in [0.15, 0.2) is 0 Å². The van der Waals surface area contributed by atoms with Crippen molar-refractivity contribution in [1.29, 1.82) is 0 Å². The number of methoxy groups -OCH3 is 1. The van der Waals surface area contributed by atoms with Crippen LogP contribution in [0.4, 0.5) is 13.2 Å². The quantitative estimate of drug-likeness (QED) is 0.442. The average Bonchev–Trinajstić information content (AvgIpc) is 1.80. The molecule has 58 valence electrons. The highest BCUT2D eigenvalue weighted by atomic mass is 19.4. The Labute approximate surface area is 55.3 Å². The summed E-state index contributed by atoms with van der Waals surface area (Å²) in [6.07, 6.45) is -3.80. The highest BCUT2D eigenvalue weighted by Crippen LogP contribution is 2.15. The number of hydrogen-bond donors (Lipinski definition) is 0. The molecular weight excluding hydrogens is 149 g/mol. The van der Waals surface area contributed by atoms with Crippen molar-refractivity contribution in [3.05, 3.63) is 12.3 Å². The first-order valence-electron chi connectivity index (χ1n) is 2.29.